The number of methoxy groups -OCH3 is 1. The molecule has 0 aromatic heterocycles. The fraction of sp³-hybridized carbons (Fsp3) is 0.720. The van der Waals surface area contributed by atoms with Crippen LogP contribution in [0.4, 0.5) is 0 Å². The molecule has 0 spiro atoms. The lowest BCUT2D eigenvalue weighted by atomic mass is 9.87. The lowest BCUT2D eigenvalue weighted by Gasteiger charge is -2.29. The van der Waals surface area contributed by atoms with Crippen molar-refractivity contribution in [3.8, 4) is 5.75 Å². The first-order chi connectivity index (χ1) is 15.3. The van der Waals surface area contributed by atoms with Crippen molar-refractivity contribution >= 4 is 5.91 Å². The molecule has 1 aromatic rings. The summed E-state index contributed by atoms with van der Waals surface area (Å²) in [7, 11) is 1.67. The third-order valence-corrected chi connectivity index (χ3v) is 5.87. The monoisotopic (exact) mass is 451 g/mol. The van der Waals surface area contributed by atoms with Gasteiger partial charge in [0.1, 0.15) is 12.0 Å². The second-order valence-electron chi connectivity index (χ2n) is 8.92. The van der Waals surface area contributed by atoms with Crippen molar-refractivity contribution in [3.63, 3.8) is 0 Å². The molecule has 7 nitrogen and oxygen atoms in total. The van der Waals surface area contributed by atoms with Crippen molar-refractivity contribution in [1.82, 2.24) is 10.6 Å². The number of hydrogen-bond acceptors (Lipinski definition) is 6. The summed E-state index contributed by atoms with van der Waals surface area (Å²) in [5.74, 6) is 0.206. The summed E-state index contributed by atoms with van der Waals surface area (Å²) < 4.78 is 10.9. The highest BCUT2D eigenvalue weighted by Gasteiger charge is 2.27. The highest BCUT2D eigenvalue weighted by atomic mass is 16.5. The fourth-order valence-electron chi connectivity index (χ4n) is 3.52. The van der Waals surface area contributed by atoms with E-state index in [-0.39, 0.29) is 23.8 Å². The minimum absolute atomic E-state index is 0.0479. The number of nitrogens with two attached hydrogens (primary N) is 1. The fourth-order valence-corrected chi connectivity index (χ4v) is 3.52. The molecule has 0 saturated carbocycles. The Hall–Kier alpha value is -1.67. The van der Waals surface area contributed by atoms with Crippen molar-refractivity contribution in [2.75, 3.05) is 26.9 Å². The van der Waals surface area contributed by atoms with Gasteiger partial charge >= 0.3 is 0 Å². The van der Waals surface area contributed by atoms with Gasteiger partial charge in [-0.25, -0.2) is 0 Å². The average Bonchev–Trinajstić information content (AvgIpc) is 2.77. The van der Waals surface area contributed by atoms with Crippen LogP contribution in [0, 0.1) is 11.8 Å². The number of ether oxygens (including phenoxy) is 2. The number of carbonyl (C=O) groups is 1. The molecule has 32 heavy (non-hydrogen) atoms. The minimum Gasteiger partial charge on any atom is -0.493 e. The molecular weight excluding hydrogens is 406 g/mol. The maximum atomic E-state index is 12.9. The summed E-state index contributed by atoms with van der Waals surface area (Å²) in [5, 5.41) is 17.0. The van der Waals surface area contributed by atoms with Crippen LogP contribution in [0.5, 0.6) is 5.75 Å². The molecule has 0 aliphatic carbocycles. The number of unbranched alkanes of at least 4 members (excludes halogenated alkanes) is 1. The molecule has 5 N–H and O–H groups in total. The van der Waals surface area contributed by atoms with E-state index < -0.39 is 6.23 Å². The lowest BCUT2D eigenvalue weighted by Crippen LogP contribution is -2.44. The Bertz CT molecular complexity index is 641. The van der Waals surface area contributed by atoms with Crippen molar-refractivity contribution in [3.05, 3.63) is 29.8 Å². The van der Waals surface area contributed by atoms with Gasteiger partial charge in [0.15, 0.2) is 0 Å². The Balaban J connectivity index is 2.65. The predicted octanol–water partition coefficient (Wildman–Crippen LogP) is 3.31. The second kappa shape index (κ2) is 16.0. The molecule has 0 saturated heterocycles. The minimum atomic E-state index is -0.981. The van der Waals surface area contributed by atoms with Crippen LogP contribution in [0.3, 0.4) is 0 Å². The van der Waals surface area contributed by atoms with Crippen LogP contribution in [0.2, 0.25) is 0 Å². The zero-order valence-electron chi connectivity index (χ0n) is 20.6. The Morgan fingerprint density at radius 2 is 1.84 bits per heavy atom. The number of nitrogens with one attached hydrogen (secondary N) is 2. The van der Waals surface area contributed by atoms with Crippen LogP contribution in [0.15, 0.2) is 24.3 Å². The van der Waals surface area contributed by atoms with E-state index in [9.17, 15) is 9.90 Å². The van der Waals surface area contributed by atoms with Gasteiger partial charge in [-0.05, 0) is 63.6 Å². The molecule has 0 bridgehead atoms. The van der Waals surface area contributed by atoms with Gasteiger partial charge in [0.05, 0.1) is 12.2 Å². The van der Waals surface area contributed by atoms with E-state index in [0.717, 1.165) is 32.2 Å². The van der Waals surface area contributed by atoms with Gasteiger partial charge in [-0.3, -0.25) is 4.79 Å². The summed E-state index contributed by atoms with van der Waals surface area (Å²) in [6.45, 7) is 10.4. The molecule has 0 unspecified atom stereocenters. The number of aliphatic hydroxyl groups excluding tert-OH is 1. The molecule has 1 aromatic carbocycles. The van der Waals surface area contributed by atoms with Crippen LogP contribution < -0.4 is 21.1 Å². The highest BCUT2D eigenvalue weighted by molar-refractivity contribution is 5.97. The number of aliphatic hydroxyl groups is 1. The SMILES string of the molecule is CC[C@H](C)NCC[C@@H](N)C[C@@H](C(C)C)[C@H](O)NC(=O)c1ccccc1OCCCCOC. The first-order valence-electron chi connectivity index (χ1n) is 12.0. The molecule has 4 atom stereocenters. The predicted molar refractivity (Wildman–Crippen MR) is 130 cm³/mol. The Labute approximate surface area is 194 Å². The van der Waals surface area contributed by atoms with Crippen molar-refractivity contribution in [2.24, 2.45) is 17.6 Å². The normalized spacial score (nSPS) is 15.2. The molecule has 0 radical (unpaired) electrons. The van der Waals surface area contributed by atoms with Crippen molar-refractivity contribution < 1.29 is 19.4 Å². The third-order valence-electron chi connectivity index (χ3n) is 5.87. The van der Waals surface area contributed by atoms with Gasteiger partial charge in [-0.2, -0.15) is 0 Å². The van der Waals surface area contributed by atoms with E-state index in [4.69, 9.17) is 15.2 Å². The van der Waals surface area contributed by atoms with Gasteiger partial charge < -0.3 is 30.9 Å². The molecule has 184 valence electrons. The van der Waals surface area contributed by atoms with Gasteiger partial charge in [0.2, 0.25) is 0 Å². The van der Waals surface area contributed by atoms with Gasteiger partial charge in [0, 0.05) is 31.7 Å². The largest absolute Gasteiger partial charge is 0.493 e. The third kappa shape index (κ3) is 10.8. The van der Waals surface area contributed by atoms with E-state index in [1.54, 1.807) is 25.3 Å². The Morgan fingerprint density at radius 1 is 1.16 bits per heavy atom. The number of hydrogen-bond donors (Lipinski definition) is 4. The average molecular weight is 452 g/mol. The zero-order chi connectivity index (χ0) is 23.9. The van der Waals surface area contributed by atoms with Crippen LogP contribution in [-0.4, -0.2) is 56.2 Å². The van der Waals surface area contributed by atoms with Crippen molar-refractivity contribution in [2.45, 2.75) is 78.1 Å². The van der Waals surface area contributed by atoms with E-state index in [2.05, 4.69) is 24.5 Å². The maximum absolute atomic E-state index is 12.9. The molecular formula is C25H45N3O4. The topological polar surface area (TPSA) is 106 Å². The van der Waals surface area contributed by atoms with Gasteiger partial charge in [-0.15, -0.1) is 0 Å². The van der Waals surface area contributed by atoms with E-state index in [1.165, 1.54) is 0 Å². The van der Waals surface area contributed by atoms with Gasteiger partial charge in [0.25, 0.3) is 5.91 Å². The highest BCUT2D eigenvalue weighted by Crippen LogP contribution is 2.23. The molecule has 7 heteroatoms. The first-order valence-corrected chi connectivity index (χ1v) is 12.0. The van der Waals surface area contributed by atoms with Crippen molar-refractivity contribution in [1.29, 1.82) is 0 Å². The quantitative estimate of drug-likeness (QED) is 0.214. The Kier molecular flexibility index (Phi) is 14.2. The second-order valence-corrected chi connectivity index (χ2v) is 8.92. The lowest BCUT2D eigenvalue weighted by molar-refractivity contribution is 0.0375. The summed E-state index contributed by atoms with van der Waals surface area (Å²) in [5.41, 5.74) is 6.76. The number of carbonyl (C=O) groups excluding carboxylic acids is 1. The van der Waals surface area contributed by atoms with Gasteiger partial charge in [-0.1, -0.05) is 32.9 Å². The molecule has 0 fully saturated rings. The standard InChI is InChI=1S/C25H45N3O4/c1-6-19(4)27-14-13-20(26)17-22(18(2)3)25(30)28-24(29)21-11-7-8-12-23(21)32-16-10-9-15-31-5/h7-8,11-12,18-20,22,25,27,30H,6,9-10,13-17,26H2,1-5H3,(H,28,29)/t19-,20+,22-,25-/m0/s1. The molecule has 0 aliphatic rings. The molecule has 0 heterocycles. The molecule has 0 aliphatic heterocycles. The summed E-state index contributed by atoms with van der Waals surface area (Å²) in [6.07, 6.45) is 3.30. The summed E-state index contributed by atoms with van der Waals surface area (Å²) in [6, 6.07) is 7.53. The Morgan fingerprint density at radius 3 is 2.50 bits per heavy atom. The zero-order valence-corrected chi connectivity index (χ0v) is 20.6. The van der Waals surface area contributed by atoms with E-state index in [1.807, 2.05) is 19.9 Å². The molecule has 1 amide bonds. The number of para-hydroxylation sites is 1. The molecule has 1 rings (SSSR count). The first kappa shape index (κ1) is 28.4. The number of benzene rings is 1. The maximum Gasteiger partial charge on any atom is 0.257 e. The smallest absolute Gasteiger partial charge is 0.257 e. The van der Waals surface area contributed by atoms with Crippen LogP contribution in [0.25, 0.3) is 0 Å². The van der Waals surface area contributed by atoms with Crippen LogP contribution >= 0.6 is 0 Å². The number of amides is 1. The van der Waals surface area contributed by atoms with E-state index in [0.29, 0.717) is 37.0 Å². The van der Waals surface area contributed by atoms with Crippen LogP contribution in [-0.2, 0) is 4.74 Å². The van der Waals surface area contributed by atoms with E-state index >= 15 is 0 Å². The number of rotatable bonds is 17. The van der Waals surface area contributed by atoms with Crippen LogP contribution in [0.1, 0.15) is 70.2 Å². The summed E-state index contributed by atoms with van der Waals surface area (Å²) >= 11 is 0. The summed E-state index contributed by atoms with van der Waals surface area (Å²) in [4.78, 5) is 12.9.